The van der Waals surface area contributed by atoms with Crippen LogP contribution in [0.4, 0.5) is 10.2 Å². The van der Waals surface area contributed by atoms with Crippen molar-refractivity contribution in [2.24, 2.45) is 0 Å². The van der Waals surface area contributed by atoms with Gasteiger partial charge in [-0.25, -0.2) is 14.2 Å². The van der Waals surface area contributed by atoms with Crippen LogP contribution in [0.2, 0.25) is 5.02 Å². The van der Waals surface area contributed by atoms with Crippen LogP contribution in [0.1, 0.15) is 30.2 Å². The molecule has 0 aliphatic heterocycles. The molecule has 7 heteroatoms. The van der Waals surface area contributed by atoms with E-state index in [1.165, 1.54) is 16.7 Å². The maximum absolute atomic E-state index is 14.1. The second kappa shape index (κ2) is 6.13. The Balaban J connectivity index is 2.60. The molecule has 2 rings (SSSR count). The van der Waals surface area contributed by atoms with Gasteiger partial charge in [-0.3, -0.25) is 4.57 Å². The number of aryl methyl sites for hydroxylation is 1. The molecule has 0 saturated carbocycles. The van der Waals surface area contributed by atoms with E-state index < -0.39 is 11.8 Å². The zero-order chi connectivity index (χ0) is 15.6. The Labute approximate surface area is 126 Å². The molecule has 0 fully saturated rings. The maximum Gasteiger partial charge on any atom is 0.360 e. The van der Waals surface area contributed by atoms with Gasteiger partial charge in [0, 0.05) is 11.4 Å². The van der Waals surface area contributed by atoms with Crippen LogP contribution in [0, 0.1) is 5.82 Å². The number of carbonyl (C=O) groups excluding carboxylic acids is 1. The highest BCUT2D eigenvalue weighted by Gasteiger charge is 2.23. The predicted molar refractivity (Wildman–Crippen MR) is 78.3 cm³/mol. The zero-order valence-electron chi connectivity index (χ0n) is 11.7. The van der Waals surface area contributed by atoms with Crippen molar-refractivity contribution >= 4 is 23.4 Å². The van der Waals surface area contributed by atoms with E-state index in [1.807, 2.05) is 6.92 Å². The molecule has 5 nitrogen and oxygen atoms in total. The summed E-state index contributed by atoms with van der Waals surface area (Å²) in [6.45, 7) is 3.73. The largest absolute Gasteiger partial charge is 0.461 e. The third-order valence-corrected chi connectivity index (χ3v) is 3.15. The molecule has 0 bridgehead atoms. The number of halogens is 2. The van der Waals surface area contributed by atoms with Crippen LogP contribution in [0.3, 0.4) is 0 Å². The average molecular weight is 312 g/mol. The number of ether oxygens (including phenoxy) is 1. The summed E-state index contributed by atoms with van der Waals surface area (Å²) in [5, 5.41) is 0.276. The second-order valence-electron chi connectivity index (χ2n) is 4.27. The van der Waals surface area contributed by atoms with E-state index in [0.29, 0.717) is 12.2 Å². The number of hydrogen-bond acceptors (Lipinski definition) is 4. The highest BCUT2D eigenvalue weighted by Crippen LogP contribution is 2.25. The van der Waals surface area contributed by atoms with Crippen molar-refractivity contribution in [3.63, 3.8) is 0 Å². The molecular formula is C14H15ClFN3O2. The van der Waals surface area contributed by atoms with Crippen LogP contribution in [0.15, 0.2) is 18.2 Å². The van der Waals surface area contributed by atoms with Crippen LogP contribution in [-0.2, 0) is 11.2 Å². The first-order valence-corrected chi connectivity index (χ1v) is 6.87. The molecule has 2 aromatic rings. The smallest absolute Gasteiger partial charge is 0.360 e. The molecule has 1 heterocycles. The standard InChI is InChI=1S/C14H15ClFN3O2/c1-3-11-18-12(14(20)21-4-2)13(17)19(11)10-6-5-8(15)7-9(10)16/h5-7H,3-4,17H2,1-2H3. The van der Waals surface area contributed by atoms with Crippen molar-refractivity contribution in [3.8, 4) is 5.69 Å². The molecule has 1 aromatic heterocycles. The van der Waals surface area contributed by atoms with Gasteiger partial charge in [-0.2, -0.15) is 0 Å². The lowest BCUT2D eigenvalue weighted by Crippen LogP contribution is -2.10. The van der Waals surface area contributed by atoms with E-state index in [4.69, 9.17) is 22.1 Å². The molecule has 0 saturated heterocycles. The molecule has 0 spiro atoms. The van der Waals surface area contributed by atoms with Gasteiger partial charge in [-0.15, -0.1) is 0 Å². The summed E-state index contributed by atoms with van der Waals surface area (Å²) >= 11 is 5.74. The molecule has 1 aromatic carbocycles. The van der Waals surface area contributed by atoms with Gasteiger partial charge in [0.15, 0.2) is 5.69 Å². The molecule has 112 valence electrons. The fraction of sp³-hybridized carbons (Fsp3) is 0.286. The minimum atomic E-state index is -0.627. The molecule has 0 aliphatic carbocycles. The van der Waals surface area contributed by atoms with Gasteiger partial charge in [0.05, 0.1) is 12.3 Å². The van der Waals surface area contributed by atoms with Crippen LogP contribution in [0.5, 0.6) is 0 Å². The lowest BCUT2D eigenvalue weighted by Gasteiger charge is -2.10. The molecule has 2 N–H and O–H groups in total. The maximum atomic E-state index is 14.1. The third kappa shape index (κ3) is 2.85. The summed E-state index contributed by atoms with van der Waals surface area (Å²) in [6.07, 6.45) is 0.478. The van der Waals surface area contributed by atoms with Crippen LogP contribution in [-0.4, -0.2) is 22.1 Å². The van der Waals surface area contributed by atoms with Crippen molar-refractivity contribution in [1.29, 1.82) is 0 Å². The fourth-order valence-electron chi connectivity index (χ4n) is 2.00. The number of nitrogens with zero attached hydrogens (tertiary/aromatic N) is 2. The van der Waals surface area contributed by atoms with Gasteiger partial charge in [0.25, 0.3) is 0 Å². The quantitative estimate of drug-likeness (QED) is 0.881. The first-order chi connectivity index (χ1) is 9.99. The number of anilines is 1. The highest BCUT2D eigenvalue weighted by atomic mass is 35.5. The number of esters is 1. The van der Waals surface area contributed by atoms with E-state index in [-0.39, 0.29) is 28.8 Å². The van der Waals surface area contributed by atoms with Gasteiger partial charge in [-0.1, -0.05) is 18.5 Å². The SMILES string of the molecule is CCOC(=O)c1nc(CC)n(-c2ccc(Cl)cc2F)c1N. The average Bonchev–Trinajstić information content (AvgIpc) is 2.76. The van der Waals surface area contributed by atoms with Crippen molar-refractivity contribution in [1.82, 2.24) is 9.55 Å². The van der Waals surface area contributed by atoms with E-state index >= 15 is 0 Å². The Morgan fingerprint density at radius 1 is 1.48 bits per heavy atom. The fourth-order valence-corrected chi connectivity index (χ4v) is 2.16. The van der Waals surface area contributed by atoms with E-state index in [2.05, 4.69) is 4.98 Å². The van der Waals surface area contributed by atoms with Crippen molar-refractivity contribution < 1.29 is 13.9 Å². The number of imidazole rings is 1. The highest BCUT2D eigenvalue weighted by molar-refractivity contribution is 6.30. The molecule has 0 radical (unpaired) electrons. The minimum Gasteiger partial charge on any atom is -0.461 e. The molecule has 0 unspecified atom stereocenters. The van der Waals surface area contributed by atoms with Crippen molar-refractivity contribution in [2.45, 2.75) is 20.3 Å². The normalized spacial score (nSPS) is 10.7. The predicted octanol–water partition coefficient (Wildman–Crippen LogP) is 2.99. The number of hydrogen-bond donors (Lipinski definition) is 1. The lowest BCUT2D eigenvalue weighted by atomic mass is 10.3. The van der Waals surface area contributed by atoms with Gasteiger partial charge in [0.1, 0.15) is 17.5 Å². The van der Waals surface area contributed by atoms with Gasteiger partial charge in [-0.05, 0) is 25.1 Å². The first-order valence-electron chi connectivity index (χ1n) is 6.49. The summed E-state index contributed by atoms with van der Waals surface area (Å²) in [6, 6.07) is 4.21. The second-order valence-corrected chi connectivity index (χ2v) is 4.70. The topological polar surface area (TPSA) is 70.1 Å². The van der Waals surface area contributed by atoms with E-state index in [1.54, 1.807) is 13.0 Å². The molecule has 0 aliphatic rings. The third-order valence-electron chi connectivity index (χ3n) is 2.92. The van der Waals surface area contributed by atoms with Crippen molar-refractivity contribution in [2.75, 3.05) is 12.3 Å². The Morgan fingerprint density at radius 2 is 2.19 bits per heavy atom. The Bertz CT molecular complexity index is 685. The van der Waals surface area contributed by atoms with Gasteiger partial charge in [0.2, 0.25) is 0 Å². The van der Waals surface area contributed by atoms with Crippen molar-refractivity contribution in [3.05, 3.63) is 40.6 Å². The molecule has 0 atom stereocenters. The first kappa shape index (κ1) is 15.3. The number of carbonyl (C=O) groups is 1. The minimum absolute atomic E-state index is 0.0111. The number of rotatable bonds is 4. The van der Waals surface area contributed by atoms with Gasteiger partial charge >= 0.3 is 5.97 Å². The van der Waals surface area contributed by atoms with Crippen LogP contribution in [0.25, 0.3) is 5.69 Å². The lowest BCUT2D eigenvalue weighted by molar-refractivity contribution is 0.0521. The summed E-state index contributed by atoms with van der Waals surface area (Å²) in [5.74, 6) is -0.655. The summed E-state index contributed by atoms with van der Waals surface area (Å²) in [7, 11) is 0. The van der Waals surface area contributed by atoms with Crippen LogP contribution < -0.4 is 5.73 Å². The van der Waals surface area contributed by atoms with E-state index in [0.717, 1.165) is 0 Å². The Morgan fingerprint density at radius 3 is 2.76 bits per heavy atom. The Hall–Kier alpha value is -2.08. The number of nitrogens with two attached hydrogens (primary N) is 1. The monoisotopic (exact) mass is 311 g/mol. The number of nitrogen functional groups attached to an aromatic ring is 1. The summed E-state index contributed by atoms with van der Waals surface area (Å²) in [4.78, 5) is 16.0. The Kier molecular flexibility index (Phi) is 4.47. The van der Waals surface area contributed by atoms with E-state index in [9.17, 15) is 9.18 Å². The molecular weight excluding hydrogens is 297 g/mol. The van der Waals surface area contributed by atoms with Crippen LogP contribution >= 0.6 is 11.6 Å². The van der Waals surface area contributed by atoms with Gasteiger partial charge < -0.3 is 10.5 Å². The molecule has 21 heavy (non-hydrogen) atoms. The summed E-state index contributed by atoms with van der Waals surface area (Å²) in [5.41, 5.74) is 6.13. The number of benzene rings is 1. The molecule has 0 amide bonds. The summed E-state index contributed by atoms with van der Waals surface area (Å²) < 4.78 is 20.4. The zero-order valence-corrected chi connectivity index (χ0v) is 12.4. The number of aromatic nitrogens is 2.